The lowest BCUT2D eigenvalue weighted by atomic mass is 10.1. The molecule has 0 aliphatic heterocycles. The van der Waals surface area contributed by atoms with Gasteiger partial charge in [0, 0.05) is 23.1 Å². The van der Waals surface area contributed by atoms with Crippen LogP contribution in [0.1, 0.15) is 31.4 Å². The number of hydrogen-bond acceptors (Lipinski definition) is 4. The molecule has 1 N–H and O–H groups in total. The first-order valence-electron chi connectivity index (χ1n) is 12.7. The second-order valence-corrected chi connectivity index (χ2v) is 12.2. The molecular weight excluding hydrogens is 638 g/mol. The number of rotatable bonds is 11. The Morgan fingerprint density at radius 1 is 0.929 bits per heavy atom. The molecule has 0 saturated carbocycles. The Morgan fingerprint density at radius 2 is 1.60 bits per heavy atom. The molecule has 0 aliphatic rings. The first-order chi connectivity index (χ1) is 19.7. The van der Waals surface area contributed by atoms with E-state index >= 15 is 0 Å². The molecule has 7 nitrogen and oxygen atoms in total. The summed E-state index contributed by atoms with van der Waals surface area (Å²) in [5, 5.41) is 2.55. The second-order valence-electron chi connectivity index (χ2n) is 9.06. The van der Waals surface area contributed by atoms with Crippen molar-refractivity contribution in [3.63, 3.8) is 0 Å². The standard InChI is InChI=1S/C28H27Cl3F3N3O4S/c1-3-25(27(39)35-4-2)36(16-18-10-11-19(29)14-24(18)31)26(38)17-37(42(40,41)21-8-6-5-7-9-21)20-12-13-23(30)22(15-20)28(32,33)34/h5-15,25H,3-4,16-17H2,1-2H3,(H,35,39)/t25-/m0/s1. The summed E-state index contributed by atoms with van der Waals surface area (Å²) in [5.41, 5.74) is -1.30. The Kier molecular flexibility index (Phi) is 11.2. The largest absolute Gasteiger partial charge is 0.417 e. The van der Waals surface area contributed by atoms with Crippen molar-refractivity contribution in [2.45, 2.75) is 43.9 Å². The van der Waals surface area contributed by atoms with E-state index in [4.69, 9.17) is 34.8 Å². The van der Waals surface area contributed by atoms with Crippen LogP contribution in [0.5, 0.6) is 0 Å². The van der Waals surface area contributed by atoms with Crippen molar-refractivity contribution >= 4 is 62.3 Å². The molecular formula is C28H27Cl3F3N3O4S. The van der Waals surface area contributed by atoms with Gasteiger partial charge in [0.2, 0.25) is 11.8 Å². The fourth-order valence-corrected chi connectivity index (χ4v) is 6.30. The number of nitrogens with zero attached hydrogens (tertiary/aromatic N) is 2. The molecule has 0 heterocycles. The summed E-state index contributed by atoms with van der Waals surface area (Å²) in [4.78, 5) is 27.8. The molecule has 0 fully saturated rings. The molecule has 3 aromatic carbocycles. The minimum Gasteiger partial charge on any atom is -0.355 e. The molecule has 2 amide bonds. The van der Waals surface area contributed by atoms with Crippen LogP contribution in [-0.2, 0) is 32.3 Å². The zero-order chi connectivity index (χ0) is 31.2. The fourth-order valence-electron chi connectivity index (χ4n) is 4.18. The Balaban J connectivity index is 2.16. The number of alkyl halides is 3. The number of likely N-dealkylation sites (N-methyl/N-ethyl adjacent to an activating group) is 1. The Bertz CT molecular complexity index is 1540. The predicted octanol–water partition coefficient (Wildman–Crippen LogP) is 6.80. The van der Waals surface area contributed by atoms with E-state index in [-0.39, 0.29) is 29.4 Å². The number of halogens is 6. The summed E-state index contributed by atoms with van der Waals surface area (Å²) < 4.78 is 69.3. The van der Waals surface area contributed by atoms with E-state index in [1.165, 1.54) is 36.4 Å². The number of nitrogens with one attached hydrogen (secondary N) is 1. The fraction of sp³-hybridized carbons (Fsp3) is 0.286. The Hall–Kier alpha value is -2.99. The molecule has 14 heteroatoms. The van der Waals surface area contributed by atoms with Crippen molar-refractivity contribution in [1.29, 1.82) is 0 Å². The lowest BCUT2D eigenvalue weighted by Gasteiger charge is -2.33. The van der Waals surface area contributed by atoms with Crippen molar-refractivity contribution < 1.29 is 31.2 Å². The smallest absolute Gasteiger partial charge is 0.355 e. The Labute approximate surface area is 257 Å². The summed E-state index contributed by atoms with van der Waals surface area (Å²) in [7, 11) is -4.58. The summed E-state index contributed by atoms with van der Waals surface area (Å²) in [6.07, 6.45) is -4.75. The van der Waals surface area contributed by atoms with Gasteiger partial charge in [-0.3, -0.25) is 13.9 Å². The van der Waals surface area contributed by atoms with Crippen LogP contribution in [0.25, 0.3) is 0 Å². The maximum absolute atomic E-state index is 14.0. The van der Waals surface area contributed by atoms with E-state index in [1.54, 1.807) is 26.0 Å². The molecule has 0 aromatic heterocycles. The van der Waals surface area contributed by atoms with Gasteiger partial charge in [-0.2, -0.15) is 13.2 Å². The van der Waals surface area contributed by atoms with Crippen molar-refractivity contribution in [3.05, 3.63) is 92.9 Å². The number of carbonyl (C=O) groups is 2. The normalized spacial score (nSPS) is 12.5. The molecule has 3 aromatic rings. The van der Waals surface area contributed by atoms with Gasteiger partial charge >= 0.3 is 6.18 Å². The molecule has 0 bridgehead atoms. The third-order valence-electron chi connectivity index (χ3n) is 6.25. The van der Waals surface area contributed by atoms with Gasteiger partial charge in [-0.1, -0.05) is 66.0 Å². The number of amides is 2. The summed E-state index contributed by atoms with van der Waals surface area (Å²) >= 11 is 18.1. The molecule has 1 atom stereocenters. The molecule has 3 rings (SSSR count). The molecule has 0 spiro atoms. The quantitative estimate of drug-likeness (QED) is 0.244. The number of benzene rings is 3. The topological polar surface area (TPSA) is 86.8 Å². The first kappa shape index (κ1) is 33.5. The number of sulfonamides is 1. The third-order valence-corrected chi connectivity index (χ3v) is 8.95. The minimum atomic E-state index is -4.90. The van der Waals surface area contributed by atoms with Crippen LogP contribution in [-0.4, -0.2) is 44.3 Å². The van der Waals surface area contributed by atoms with Crippen LogP contribution in [0.2, 0.25) is 15.1 Å². The van der Waals surface area contributed by atoms with E-state index in [2.05, 4.69) is 5.32 Å². The van der Waals surface area contributed by atoms with Crippen molar-refractivity contribution in [3.8, 4) is 0 Å². The van der Waals surface area contributed by atoms with Gasteiger partial charge in [-0.25, -0.2) is 8.42 Å². The van der Waals surface area contributed by atoms with Gasteiger partial charge in [0.25, 0.3) is 10.0 Å². The number of hydrogen-bond donors (Lipinski definition) is 1. The summed E-state index contributed by atoms with van der Waals surface area (Å²) in [6, 6.07) is 13.0. The van der Waals surface area contributed by atoms with Gasteiger partial charge in [0.15, 0.2) is 0 Å². The summed E-state index contributed by atoms with van der Waals surface area (Å²) in [5.74, 6) is -1.36. The van der Waals surface area contributed by atoms with E-state index in [0.717, 1.165) is 17.0 Å². The van der Waals surface area contributed by atoms with E-state index in [9.17, 15) is 31.2 Å². The van der Waals surface area contributed by atoms with Gasteiger partial charge in [-0.15, -0.1) is 0 Å². The lowest BCUT2D eigenvalue weighted by molar-refractivity contribution is -0.140. The number of anilines is 1. The summed E-state index contributed by atoms with van der Waals surface area (Å²) in [6.45, 7) is 2.48. The highest BCUT2D eigenvalue weighted by Gasteiger charge is 2.37. The van der Waals surface area contributed by atoms with E-state index in [0.29, 0.717) is 21.0 Å². The van der Waals surface area contributed by atoms with Crippen molar-refractivity contribution in [1.82, 2.24) is 10.2 Å². The highest BCUT2D eigenvalue weighted by molar-refractivity contribution is 7.92. The van der Waals surface area contributed by atoms with Gasteiger partial charge in [0.1, 0.15) is 12.6 Å². The van der Waals surface area contributed by atoms with Crippen LogP contribution in [0.4, 0.5) is 18.9 Å². The van der Waals surface area contributed by atoms with Crippen LogP contribution in [0.15, 0.2) is 71.6 Å². The molecule has 0 radical (unpaired) electrons. The lowest BCUT2D eigenvalue weighted by Crippen LogP contribution is -2.52. The molecule has 42 heavy (non-hydrogen) atoms. The SMILES string of the molecule is CCNC(=O)[C@H](CC)N(Cc1ccc(Cl)cc1Cl)C(=O)CN(c1ccc(Cl)c(C(F)(F)F)c1)S(=O)(=O)c1ccccc1. The molecule has 226 valence electrons. The maximum Gasteiger partial charge on any atom is 0.417 e. The first-order valence-corrected chi connectivity index (χ1v) is 15.2. The average Bonchev–Trinajstić information content (AvgIpc) is 2.93. The van der Waals surface area contributed by atoms with Gasteiger partial charge in [-0.05, 0) is 61.4 Å². The molecule has 0 aliphatic carbocycles. The average molecular weight is 665 g/mol. The van der Waals surface area contributed by atoms with Crippen molar-refractivity contribution in [2.24, 2.45) is 0 Å². The number of carbonyl (C=O) groups excluding carboxylic acids is 2. The predicted molar refractivity (Wildman–Crippen MR) is 157 cm³/mol. The van der Waals surface area contributed by atoms with Gasteiger partial charge in [0.05, 0.1) is 21.2 Å². The molecule has 0 unspecified atom stereocenters. The van der Waals surface area contributed by atoms with Crippen LogP contribution >= 0.6 is 34.8 Å². The Morgan fingerprint density at radius 3 is 2.17 bits per heavy atom. The van der Waals surface area contributed by atoms with Crippen LogP contribution < -0.4 is 9.62 Å². The van der Waals surface area contributed by atoms with Crippen molar-refractivity contribution in [2.75, 3.05) is 17.4 Å². The molecule has 0 saturated heterocycles. The zero-order valence-electron chi connectivity index (χ0n) is 22.5. The zero-order valence-corrected chi connectivity index (χ0v) is 25.5. The maximum atomic E-state index is 14.0. The van der Waals surface area contributed by atoms with Crippen LogP contribution in [0.3, 0.4) is 0 Å². The third kappa shape index (κ3) is 7.89. The second kappa shape index (κ2) is 14.0. The van der Waals surface area contributed by atoms with E-state index < -0.39 is 56.9 Å². The monoisotopic (exact) mass is 663 g/mol. The van der Waals surface area contributed by atoms with Gasteiger partial charge < -0.3 is 10.2 Å². The van der Waals surface area contributed by atoms with Crippen LogP contribution in [0, 0.1) is 0 Å². The van der Waals surface area contributed by atoms with E-state index in [1.807, 2.05) is 0 Å². The minimum absolute atomic E-state index is 0.146. The highest BCUT2D eigenvalue weighted by atomic mass is 35.5. The highest BCUT2D eigenvalue weighted by Crippen LogP contribution is 2.38.